The van der Waals surface area contributed by atoms with Gasteiger partial charge in [0.05, 0.1) is 5.71 Å². The van der Waals surface area contributed by atoms with Gasteiger partial charge in [0.25, 0.3) is 17.4 Å². The smallest absolute Gasteiger partial charge is 0.260 e. The van der Waals surface area contributed by atoms with Crippen LogP contribution in [0.15, 0.2) is 58.6 Å². The molecule has 0 saturated heterocycles. The quantitative estimate of drug-likeness (QED) is 0.578. The second kappa shape index (κ2) is 9.33. The summed E-state index contributed by atoms with van der Waals surface area (Å²) in [5, 5.41) is 4.05. The van der Waals surface area contributed by atoms with Crippen molar-refractivity contribution in [3.05, 3.63) is 64.6 Å². The average molecular weight is 370 g/mol. The van der Waals surface area contributed by atoms with Gasteiger partial charge in [-0.3, -0.25) is 14.4 Å². The summed E-state index contributed by atoms with van der Waals surface area (Å²) >= 11 is 0. The highest BCUT2D eigenvalue weighted by molar-refractivity contribution is 5.99. The summed E-state index contributed by atoms with van der Waals surface area (Å²) in [4.78, 5) is 36.5. The van der Waals surface area contributed by atoms with E-state index in [2.05, 4.69) is 10.5 Å². The number of pyridine rings is 1. The molecule has 0 unspecified atom stereocenters. The number of aromatic nitrogens is 1. The molecule has 0 aliphatic rings. The summed E-state index contributed by atoms with van der Waals surface area (Å²) < 4.78 is 6.70. The van der Waals surface area contributed by atoms with Crippen LogP contribution in [-0.4, -0.2) is 47.7 Å². The monoisotopic (exact) mass is 370 g/mol. The molecule has 0 bridgehead atoms. The fourth-order valence-electron chi connectivity index (χ4n) is 2.06. The molecule has 2 aromatic rings. The van der Waals surface area contributed by atoms with Gasteiger partial charge >= 0.3 is 0 Å². The molecule has 0 saturated carbocycles. The molecule has 142 valence electrons. The number of nitrogens with one attached hydrogen (secondary N) is 1. The molecular weight excluding hydrogens is 348 g/mol. The Kier molecular flexibility index (Phi) is 6.87. The van der Waals surface area contributed by atoms with Crippen LogP contribution in [0.4, 0.5) is 0 Å². The van der Waals surface area contributed by atoms with Gasteiger partial charge in [-0.15, -0.1) is 0 Å². The maximum Gasteiger partial charge on any atom is 0.260 e. The van der Waals surface area contributed by atoms with Crippen LogP contribution in [0.2, 0.25) is 0 Å². The summed E-state index contributed by atoms with van der Waals surface area (Å²) in [6.07, 6.45) is 1.54. The van der Waals surface area contributed by atoms with Crippen LogP contribution in [0.25, 0.3) is 0 Å². The number of likely N-dealkylation sites (N-methyl/N-ethyl adjacent to an activating group) is 1. The van der Waals surface area contributed by atoms with E-state index in [0.29, 0.717) is 11.5 Å². The van der Waals surface area contributed by atoms with Crippen LogP contribution in [0.5, 0.6) is 5.75 Å². The van der Waals surface area contributed by atoms with Crippen LogP contribution < -0.4 is 15.7 Å². The fraction of sp³-hybridized carbons (Fsp3) is 0.263. The molecule has 0 atom stereocenters. The summed E-state index contributed by atoms with van der Waals surface area (Å²) in [6.45, 7) is 1.61. The maximum atomic E-state index is 11.9. The van der Waals surface area contributed by atoms with E-state index in [4.69, 9.17) is 4.74 Å². The molecule has 0 radical (unpaired) electrons. The van der Waals surface area contributed by atoms with Crippen molar-refractivity contribution in [2.24, 2.45) is 5.10 Å². The number of carbonyl (C=O) groups is 2. The number of carbonyl (C=O) groups excluding carboxylic acids is 2. The van der Waals surface area contributed by atoms with Gasteiger partial charge in [0.1, 0.15) is 12.3 Å². The molecule has 2 amide bonds. The van der Waals surface area contributed by atoms with Gasteiger partial charge in [0.2, 0.25) is 0 Å². The lowest BCUT2D eigenvalue weighted by molar-refractivity contribution is -0.130. The standard InChI is InChI=1S/C19H22N4O4/c1-14(20-21-17(24)12-23-11-5-4-6-18(23)25)15-7-9-16(10-8-15)27-13-19(26)22(2)3/h4-11H,12-13H2,1-3H3,(H,21,24)/b20-14-. The zero-order chi connectivity index (χ0) is 19.8. The molecule has 2 rings (SSSR count). The third-order valence-electron chi connectivity index (χ3n) is 3.69. The van der Waals surface area contributed by atoms with E-state index < -0.39 is 5.91 Å². The lowest BCUT2D eigenvalue weighted by Crippen LogP contribution is -2.29. The summed E-state index contributed by atoms with van der Waals surface area (Å²) in [5.41, 5.74) is 3.57. The third-order valence-corrected chi connectivity index (χ3v) is 3.69. The van der Waals surface area contributed by atoms with Gasteiger partial charge in [-0.1, -0.05) is 6.07 Å². The van der Waals surface area contributed by atoms with Crippen molar-refractivity contribution in [1.82, 2.24) is 14.9 Å². The molecule has 0 aliphatic heterocycles. The number of benzene rings is 1. The molecular formula is C19H22N4O4. The maximum absolute atomic E-state index is 11.9. The lowest BCUT2D eigenvalue weighted by Gasteiger charge is -2.11. The van der Waals surface area contributed by atoms with Crippen LogP contribution in [0.1, 0.15) is 12.5 Å². The first-order chi connectivity index (χ1) is 12.9. The van der Waals surface area contributed by atoms with Crippen molar-refractivity contribution < 1.29 is 14.3 Å². The van der Waals surface area contributed by atoms with Crippen LogP contribution in [-0.2, 0) is 16.1 Å². The predicted molar refractivity (Wildman–Crippen MR) is 102 cm³/mol. The second-order valence-electron chi connectivity index (χ2n) is 6.00. The minimum atomic E-state index is -0.398. The van der Waals surface area contributed by atoms with E-state index >= 15 is 0 Å². The number of hydrogen-bond donors (Lipinski definition) is 1. The number of rotatable bonds is 7. The Hall–Kier alpha value is -3.42. The topological polar surface area (TPSA) is 93.0 Å². The SMILES string of the molecule is C/C(=N/NC(=O)Cn1ccccc1=O)c1ccc(OCC(=O)N(C)C)cc1. The van der Waals surface area contributed by atoms with Crippen molar-refractivity contribution >= 4 is 17.5 Å². The van der Waals surface area contributed by atoms with Crippen molar-refractivity contribution in [2.75, 3.05) is 20.7 Å². The molecule has 1 N–H and O–H groups in total. The van der Waals surface area contributed by atoms with E-state index in [0.717, 1.165) is 5.56 Å². The Labute approximate surface area is 157 Å². The highest BCUT2D eigenvalue weighted by atomic mass is 16.5. The molecule has 0 aliphatic carbocycles. The average Bonchev–Trinajstić information content (AvgIpc) is 2.66. The Balaban J connectivity index is 1.91. The minimum absolute atomic E-state index is 0.0334. The van der Waals surface area contributed by atoms with Crippen molar-refractivity contribution in [3.63, 3.8) is 0 Å². The lowest BCUT2D eigenvalue weighted by atomic mass is 10.1. The normalized spacial score (nSPS) is 11.0. The zero-order valence-electron chi connectivity index (χ0n) is 15.5. The molecule has 27 heavy (non-hydrogen) atoms. The Bertz CT molecular complexity index is 885. The number of nitrogens with zero attached hydrogens (tertiary/aromatic N) is 3. The largest absolute Gasteiger partial charge is 0.484 e. The Morgan fingerprint density at radius 3 is 2.48 bits per heavy atom. The van der Waals surface area contributed by atoms with E-state index in [1.54, 1.807) is 57.4 Å². The second-order valence-corrected chi connectivity index (χ2v) is 6.00. The number of amides is 2. The molecule has 1 aromatic heterocycles. The molecule has 0 fully saturated rings. The molecule has 1 heterocycles. The molecule has 0 spiro atoms. The first kappa shape index (κ1) is 19.9. The summed E-state index contributed by atoms with van der Waals surface area (Å²) in [6, 6.07) is 11.7. The van der Waals surface area contributed by atoms with Crippen LogP contribution >= 0.6 is 0 Å². The van der Waals surface area contributed by atoms with Crippen molar-refractivity contribution in [2.45, 2.75) is 13.5 Å². The van der Waals surface area contributed by atoms with Gasteiger partial charge < -0.3 is 14.2 Å². The number of hydrazone groups is 1. The van der Waals surface area contributed by atoms with Gasteiger partial charge in [-0.2, -0.15) is 5.10 Å². The third kappa shape index (κ3) is 6.10. The first-order valence-corrected chi connectivity index (χ1v) is 8.29. The number of ether oxygens (including phenoxy) is 1. The van der Waals surface area contributed by atoms with E-state index in [1.165, 1.54) is 21.7 Å². The van der Waals surface area contributed by atoms with E-state index in [1.807, 2.05) is 0 Å². The first-order valence-electron chi connectivity index (χ1n) is 8.29. The van der Waals surface area contributed by atoms with Crippen molar-refractivity contribution in [3.8, 4) is 5.75 Å². The van der Waals surface area contributed by atoms with E-state index in [-0.39, 0.29) is 24.6 Å². The van der Waals surface area contributed by atoms with Gasteiger partial charge in [0.15, 0.2) is 6.61 Å². The molecule has 1 aromatic carbocycles. The Morgan fingerprint density at radius 1 is 1.15 bits per heavy atom. The summed E-state index contributed by atoms with van der Waals surface area (Å²) in [7, 11) is 3.33. The number of hydrogen-bond acceptors (Lipinski definition) is 5. The van der Waals surface area contributed by atoms with Gasteiger partial charge in [-0.25, -0.2) is 5.43 Å². The Morgan fingerprint density at radius 2 is 1.85 bits per heavy atom. The summed E-state index contributed by atoms with van der Waals surface area (Å²) in [5.74, 6) is 0.0381. The minimum Gasteiger partial charge on any atom is -0.484 e. The zero-order valence-corrected chi connectivity index (χ0v) is 15.5. The van der Waals surface area contributed by atoms with Gasteiger partial charge in [0, 0.05) is 26.4 Å². The predicted octanol–water partition coefficient (Wildman–Crippen LogP) is 0.856. The highest BCUT2D eigenvalue weighted by Crippen LogP contribution is 2.13. The van der Waals surface area contributed by atoms with Crippen molar-refractivity contribution in [1.29, 1.82) is 0 Å². The van der Waals surface area contributed by atoms with Crippen LogP contribution in [0, 0.1) is 0 Å². The van der Waals surface area contributed by atoms with Gasteiger partial charge in [-0.05, 0) is 42.8 Å². The molecule has 8 heteroatoms. The molecule has 8 nitrogen and oxygen atoms in total. The van der Waals surface area contributed by atoms with E-state index in [9.17, 15) is 14.4 Å². The highest BCUT2D eigenvalue weighted by Gasteiger charge is 2.06. The van der Waals surface area contributed by atoms with Crippen LogP contribution in [0.3, 0.4) is 0 Å². The fourth-order valence-corrected chi connectivity index (χ4v) is 2.06.